The average Bonchev–Trinajstić information content (AvgIpc) is 2.60. The molecule has 0 aromatic heterocycles. The third-order valence-corrected chi connectivity index (χ3v) is 4.16. The lowest BCUT2D eigenvalue weighted by molar-refractivity contribution is -0.138. The highest BCUT2D eigenvalue weighted by Gasteiger charge is 2.33. The Labute approximate surface area is 161 Å². The zero-order chi connectivity index (χ0) is 20.0. The third-order valence-electron chi connectivity index (χ3n) is 3.47. The molecule has 2 aromatic carbocycles. The van der Waals surface area contributed by atoms with Crippen molar-refractivity contribution in [2.75, 3.05) is 18.5 Å². The second-order valence-electron chi connectivity index (χ2n) is 5.58. The van der Waals surface area contributed by atoms with Gasteiger partial charge < -0.3 is 15.2 Å². The molecule has 2 N–H and O–H groups in total. The third kappa shape index (κ3) is 6.37. The first-order valence-electron chi connectivity index (χ1n) is 7.69. The number of rotatable bonds is 8. The van der Waals surface area contributed by atoms with Gasteiger partial charge in [0.1, 0.15) is 6.61 Å². The molecule has 0 radical (unpaired) electrons. The molecule has 0 aliphatic carbocycles. The van der Waals surface area contributed by atoms with Crippen molar-refractivity contribution in [3.05, 3.63) is 63.6 Å². The van der Waals surface area contributed by atoms with Gasteiger partial charge in [0.2, 0.25) is 0 Å². The SMILES string of the molecule is O=C(CNc1cccc(C(=O)O)c1)COCc1ccc(Br)c(C(F)(F)F)c1. The predicted molar refractivity (Wildman–Crippen MR) is 95.7 cm³/mol. The molecule has 9 heteroatoms. The van der Waals surface area contributed by atoms with Gasteiger partial charge >= 0.3 is 12.1 Å². The lowest BCUT2D eigenvalue weighted by Gasteiger charge is -2.11. The van der Waals surface area contributed by atoms with E-state index in [0.717, 1.165) is 6.07 Å². The highest BCUT2D eigenvalue weighted by atomic mass is 79.9. The van der Waals surface area contributed by atoms with Crippen LogP contribution in [0.15, 0.2) is 46.9 Å². The maximum Gasteiger partial charge on any atom is 0.417 e. The van der Waals surface area contributed by atoms with E-state index in [1.807, 2.05) is 0 Å². The van der Waals surface area contributed by atoms with E-state index in [1.54, 1.807) is 12.1 Å². The summed E-state index contributed by atoms with van der Waals surface area (Å²) in [5.74, 6) is -1.41. The number of alkyl halides is 3. The van der Waals surface area contributed by atoms with Gasteiger partial charge in [-0.25, -0.2) is 4.79 Å². The van der Waals surface area contributed by atoms with Gasteiger partial charge in [0, 0.05) is 10.2 Å². The molecule has 0 bridgehead atoms. The number of anilines is 1. The molecule has 0 atom stereocenters. The number of carboxylic acids is 1. The van der Waals surface area contributed by atoms with Gasteiger partial charge in [-0.1, -0.05) is 28.1 Å². The van der Waals surface area contributed by atoms with Crippen LogP contribution in [0.2, 0.25) is 0 Å². The lowest BCUT2D eigenvalue weighted by atomic mass is 10.1. The monoisotopic (exact) mass is 445 g/mol. The molecule has 144 valence electrons. The van der Waals surface area contributed by atoms with Crippen LogP contribution in [0.1, 0.15) is 21.5 Å². The second kappa shape index (κ2) is 9.01. The summed E-state index contributed by atoms with van der Waals surface area (Å²) in [6.45, 7) is -0.531. The summed E-state index contributed by atoms with van der Waals surface area (Å²) < 4.78 is 43.7. The molecule has 0 fully saturated rings. The van der Waals surface area contributed by atoms with Crippen molar-refractivity contribution in [1.82, 2.24) is 0 Å². The molecular weight excluding hydrogens is 431 g/mol. The number of hydrogen-bond acceptors (Lipinski definition) is 4. The minimum absolute atomic E-state index is 0.0670. The van der Waals surface area contributed by atoms with E-state index in [9.17, 15) is 22.8 Å². The van der Waals surface area contributed by atoms with Gasteiger partial charge in [0.25, 0.3) is 0 Å². The largest absolute Gasteiger partial charge is 0.478 e. The summed E-state index contributed by atoms with van der Waals surface area (Å²) in [6.07, 6.45) is -4.49. The summed E-state index contributed by atoms with van der Waals surface area (Å²) in [5.41, 5.74) is 0.0285. The van der Waals surface area contributed by atoms with Crippen molar-refractivity contribution >= 4 is 33.4 Å². The molecule has 0 saturated carbocycles. The zero-order valence-electron chi connectivity index (χ0n) is 13.8. The van der Waals surface area contributed by atoms with Crippen molar-refractivity contribution in [3.8, 4) is 0 Å². The van der Waals surface area contributed by atoms with Crippen LogP contribution in [0.4, 0.5) is 18.9 Å². The van der Waals surface area contributed by atoms with Gasteiger partial charge in [-0.15, -0.1) is 0 Å². The Morgan fingerprint density at radius 1 is 1.15 bits per heavy atom. The smallest absolute Gasteiger partial charge is 0.417 e. The fraction of sp³-hybridized carbons (Fsp3) is 0.222. The van der Waals surface area contributed by atoms with E-state index in [1.165, 1.54) is 24.3 Å². The summed E-state index contributed by atoms with van der Waals surface area (Å²) >= 11 is 2.85. The number of carbonyl (C=O) groups excluding carboxylic acids is 1. The molecule has 0 amide bonds. The van der Waals surface area contributed by atoms with E-state index >= 15 is 0 Å². The van der Waals surface area contributed by atoms with E-state index in [4.69, 9.17) is 9.84 Å². The summed E-state index contributed by atoms with van der Waals surface area (Å²) in [6, 6.07) is 9.67. The topological polar surface area (TPSA) is 75.6 Å². The van der Waals surface area contributed by atoms with Gasteiger partial charge in [-0.3, -0.25) is 4.79 Å². The molecule has 0 aliphatic heterocycles. The average molecular weight is 446 g/mol. The van der Waals surface area contributed by atoms with Crippen LogP contribution < -0.4 is 5.32 Å². The number of carbonyl (C=O) groups is 2. The first kappa shape index (κ1) is 20.9. The molecule has 5 nitrogen and oxygen atoms in total. The van der Waals surface area contributed by atoms with Gasteiger partial charge in [-0.2, -0.15) is 13.2 Å². The van der Waals surface area contributed by atoms with Crippen molar-refractivity contribution in [1.29, 1.82) is 0 Å². The summed E-state index contributed by atoms with van der Waals surface area (Å²) in [7, 11) is 0. The molecule has 2 rings (SSSR count). The fourth-order valence-electron chi connectivity index (χ4n) is 2.18. The van der Waals surface area contributed by atoms with E-state index in [0.29, 0.717) is 11.3 Å². The molecule has 0 spiro atoms. The molecule has 0 aliphatic rings. The quantitative estimate of drug-likeness (QED) is 0.631. The van der Waals surface area contributed by atoms with Crippen molar-refractivity contribution in [3.63, 3.8) is 0 Å². The minimum atomic E-state index is -4.49. The van der Waals surface area contributed by atoms with Gasteiger partial charge in [0.15, 0.2) is 5.78 Å². The van der Waals surface area contributed by atoms with Gasteiger partial charge in [0.05, 0.1) is 24.3 Å². The molecule has 0 unspecified atom stereocenters. The number of nitrogens with one attached hydrogen (secondary N) is 1. The highest BCUT2D eigenvalue weighted by molar-refractivity contribution is 9.10. The Morgan fingerprint density at radius 3 is 2.56 bits per heavy atom. The fourth-order valence-corrected chi connectivity index (χ4v) is 2.65. The van der Waals surface area contributed by atoms with Crippen LogP contribution >= 0.6 is 15.9 Å². The standard InChI is InChI=1S/C18H15BrF3NO4/c19-16-5-4-11(6-15(16)18(20,21)22)9-27-10-14(24)8-23-13-3-1-2-12(7-13)17(25)26/h1-7,23H,8-10H2,(H,25,26). The number of hydrogen-bond donors (Lipinski definition) is 2. The molecule has 0 heterocycles. The molecule has 2 aromatic rings. The Balaban J connectivity index is 1.83. The number of Topliss-reactive ketones (excluding diaryl/α,β-unsaturated/α-hetero) is 1. The Morgan fingerprint density at radius 2 is 1.89 bits per heavy atom. The summed E-state index contributed by atoms with van der Waals surface area (Å²) in [5, 5.41) is 11.7. The maximum atomic E-state index is 12.8. The van der Waals surface area contributed by atoms with Crippen LogP contribution in [0.25, 0.3) is 0 Å². The van der Waals surface area contributed by atoms with Crippen molar-refractivity contribution in [2.24, 2.45) is 0 Å². The van der Waals surface area contributed by atoms with E-state index < -0.39 is 17.7 Å². The number of ketones is 1. The minimum Gasteiger partial charge on any atom is -0.478 e. The first-order chi connectivity index (χ1) is 12.7. The van der Waals surface area contributed by atoms with Crippen molar-refractivity contribution in [2.45, 2.75) is 12.8 Å². The Bertz CT molecular complexity index is 840. The van der Waals surface area contributed by atoms with Crippen LogP contribution in [-0.4, -0.2) is 30.0 Å². The number of carboxylic acid groups (broad SMARTS) is 1. The molecule has 27 heavy (non-hydrogen) atoms. The maximum absolute atomic E-state index is 12.8. The van der Waals surface area contributed by atoms with Gasteiger partial charge in [-0.05, 0) is 35.9 Å². The van der Waals surface area contributed by atoms with Crippen LogP contribution in [0.3, 0.4) is 0 Å². The van der Waals surface area contributed by atoms with Crippen LogP contribution in [0, 0.1) is 0 Å². The molecule has 0 saturated heterocycles. The summed E-state index contributed by atoms with van der Waals surface area (Å²) in [4.78, 5) is 22.7. The number of aromatic carboxylic acids is 1. The Kier molecular flexibility index (Phi) is 6.98. The van der Waals surface area contributed by atoms with Crippen LogP contribution in [0.5, 0.6) is 0 Å². The van der Waals surface area contributed by atoms with E-state index in [2.05, 4.69) is 21.2 Å². The number of halogens is 4. The van der Waals surface area contributed by atoms with Crippen molar-refractivity contribution < 1.29 is 32.6 Å². The highest BCUT2D eigenvalue weighted by Crippen LogP contribution is 2.35. The number of ether oxygens (including phenoxy) is 1. The first-order valence-corrected chi connectivity index (χ1v) is 8.48. The predicted octanol–water partition coefficient (Wildman–Crippen LogP) is 4.36. The lowest BCUT2D eigenvalue weighted by Crippen LogP contribution is -2.19. The Hall–Kier alpha value is -2.39. The molecular formula is C18H15BrF3NO4. The second-order valence-corrected chi connectivity index (χ2v) is 6.44. The number of benzene rings is 2. The van der Waals surface area contributed by atoms with Crippen LogP contribution in [-0.2, 0) is 22.3 Å². The van der Waals surface area contributed by atoms with E-state index in [-0.39, 0.29) is 35.6 Å². The zero-order valence-corrected chi connectivity index (χ0v) is 15.4. The normalized spacial score (nSPS) is 11.3.